The van der Waals surface area contributed by atoms with Crippen LogP contribution in [0.5, 0.6) is 0 Å². The molecule has 4 nitrogen and oxygen atoms in total. The van der Waals surface area contributed by atoms with Gasteiger partial charge in [0.2, 0.25) is 0 Å². The van der Waals surface area contributed by atoms with E-state index in [2.05, 4.69) is 39.0 Å². The van der Waals surface area contributed by atoms with Crippen molar-refractivity contribution >= 4 is 39.8 Å². The number of fused-ring (bicyclic) bond motifs is 1. The molecule has 0 bridgehead atoms. The number of carbonyl (C=O) groups is 1. The van der Waals surface area contributed by atoms with Crippen LogP contribution in [-0.4, -0.2) is 26.1 Å². The number of carbonyl (C=O) groups excluding carboxylic acids is 1. The predicted octanol–water partition coefficient (Wildman–Crippen LogP) is 5.64. The third-order valence-corrected chi connectivity index (χ3v) is 6.98. The van der Waals surface area contributed by atoms with E-state index in [0.717, 1.165) is 51.7 Å². The van der Waals surface area contributed by atoms with E-state index < -0.39 is 0 Å². The average molecular weight is 422 g/mol. The Hall–Kier alpha value is -2.44. The average Bonchev–Trinajstić information content (AvgIpc) is 3.32. The van der Waals surface area contributed by atoms with Gasteiger partial charge in [0.1, 0.15) is 10.9 Å². The van der Waals surface area contributed by atoms with Gasteiger partial charge < -0.3 is 4.57 Å². The molecule has 0 atom stereocenters. The van der Waals surface area contributed by atoms with Crippen molar-refractivity contribution in [2.45, 2.75) is 38.8 Å². The van der Waals surface area contributed by atoms with Crippen molar-refractivity contribution in [3.8, 4) is 0 Å². The van der Waals surface area contributed by atoms with Gasteiger partial charge in [0.25, 0.3) is 0 Å². The third-order valence-electron chi connectivity index (χ3n) is 5.06. The third kappa shape index (κ3) is 4.28. The number of Topliss-reactive ketones (excluding diaryl/α,β-unsaturated/α-hetero) is 1. The first-order valence-corrected chi connectivity index (χ1v) is 11.5. The Morgan fingerprint density at radius 2 is 1.93 bits per heavy atom. The number of aromatic nitrogens is 3. The molecule has 4 rings (SSSR count). The van der Waals surface area contributed by atoms with Gasteiger partial charge in [-0.1, -0.05) is 36.0 Å². The Bertz CT molecular complexity index is 1160. The van der Waals surface area contributed by atoms with Crippen molar-refractivity contribution in [3.05, 3.63) is 75.5 Å². The number of rotatable bonds is 7. The molecule has 148 valence electrons. The normalized spacial score (nSPS) is 11.3. The van der Waals surface area contributed by atoms with Gasteiger partial charge in [-0.15, -0.1) is 11.3 Å². The molecule has 0 saturated heterocycles. The zero-order chi connectivity index (χ0) is 20.4. The zero-order valence-electron chi connectivity index (χ0n) is 16.8. The lowest BCUT2D eigenvalue weighted by atomic mass is 10.2. The minimum absolute atomic E-state index is 0.144. The summed E-state index contributed by atoms with van der Waals surface area (Å²) in [6.07, 6.45) is 0.989. The van der Waals surface area contributed by atoms with E-state index in [1.54, 1.807) is 11.3 Å². The fourth-order valence-electron chi connectivity index (χ4n) is 3.58. The van der Waals surface area contributed by atoms with Crippen LogP contribution in [0.25, 0.3) is 10.9 Å². The SMILES string of the molecule is Cc1nc(SCC(=O)c2cc(C)n(CCc3cccs3)c2C)c2ccccc2n1. The van der Waals surface area contributed by atoms with Crippen LogP contribution >= 0.6 is 23.1 Å². The minimum atomic E-state index is 0.144. The predicted molar refractivity (Wildman–Crippen MR) is 121 cm³/mol. The quantitative estimate of drug-likeness (QED) is 0.220. The molecule has 0 saturated carbocycles. The van der Waals surface area contributed by atoms with Crippen LogP contribution < -0.4 is 0 Å². The summed E-state index contributed by atoms with van der Waals surface area (Å²) < 4.78 is 2.25. The summed E-state index contributed by atoms with van der Waals surface area (Å²) in [6, 6.07) is 14.2. The second-order valence-electron chi connectivity index (χ2n) is 7.07. The van der Waals surface area contributed by atoms with Crippen LogP contribution in [0.4, 0.5) is 0 Å². The first-order valence-electron chi connectivity index (χ1n) is 9.61. The van der Waals surface area contributed by atoms with Gasteiger partial charge >= 0.3 is 0 Å². The van der Waals surface area contributed by atoms with E-state index in [1.165, 1.54) is 16.6 Å². The highest BCUT2D eigenvalue weighted by atomic mass is 32.2. The molecule has 6 heteroatoms. The van der Waals surface area contributed by atoms with Gasteiger partial charge in [-0.2, -0.15) is 0 Å². The molecule has 0 amide bonds. The van der Waals surface area contributed by atoms with Gasteiger partial charge in [0.05, 0.1) is 11.3 Å². The van der Waals surface area contributed by atoms with Gasteiger partial charge in [-0.05, 0) is 50.8 Å². The van der Waals surface area contributed by atoms with Crippen molar-refractivity contribution in [3.63, 3.8) is 0 Å². The number of aryl methyl sites for hydroxylation is 3. The Kier molecular flexibility index (Phi) is 5.83. The number of benzene rings is 1. The summed E-state index contributed by atoms with van der Waals surface area (Å²) >= 11 is 3.27. The molecule has 0 aliphatic rings. The van der Waals surface area contributed by atoms with E-state index in [0.29, 0.717) is 5.75 Å². The highest BCUT2D eigenvalue weighted by Gasteiger charge is 2.17. The molecule has 1 aromatic carbocycles. The van der Waals surface area contributed by atoms with Crippen LogP contribution in [0, 0.1) is 20.8 Å². The van der Waals surface area contributed by atoms with E-state index in [9.17, 15) is 4.79 Å². The van der Waals surface area contributed by atoms with E-state index >= 15 is 0 Å². The monoisotopic (exact) mass is 421 g/mol. The Balaban J connectivity index is 1.50. The molecule has 3 heterocycles. The number of nitrogens with zero attached hydrogens (tertiary/aromatic N) is 3. The van der Waals surface area contributed by atoms with Crippen LogP contribution in [0.3, 0.4) is 0 Å². The maximum absolute atomic E-state index is 13.0. The first kappa shape index (κ1) is 19.9. The first-order chi connectivity index (χ1) is 14.0. The van der Waals surface area contributed by atoms with Crippen LogP contribution in [0.2, 0.25) is 0 Å². The molecular formula is C23H23N3OS2. The molecule has 0 spiro atoms. The van der Waals surface area contributed by atoms with Crippen molar-refractivity contribution in [2.24, 2.45) is 0 Å². The second-order valence-corrected chi connectivity index (χ2v) is 9.07. The number of thiophene rings is 1. The molecule has 0 fully saturated rings. The highest BCUT2D eigenvalue weighted by molar-refractivity contribution is 8.00. The molecular weight excluding hydrogens is 398 g/mol. The minimum Gasteiger partial charge on any atom is -0.348 e. The Morgan fingerprint density at radius 1 is 1.10 bits per heavy atom. The molecule has 0 radical (unpaired) electrons. The summed E-state index contributed by atoms with van der Waals surface area (Å²) in [5, 5.41) is 3.97. The molecule has 0 aliphatic heterocycles. The zero-order valence-corrected chi connectivity index (χ0v) is 18.4. The van der Waals surface area contributed by atoms with Gasteiger partial charge in [0.15, 0.2) is 5.78 Å². The maximum atomic E-state index is 13.0. The van der Waals surface area contributed by atoms with E-state index in [-0.39, 0.29) is 5.78 Å². The summed E-state index contributed by atoms with van der Waals surface area (Å²) in [5.74, 6) is 1.24. The molecule has 3 aromatic heterocycles. The molecule has 29 heavy (non-hydrogen) atoms. The van der Waals surface area contributed by atoms with Crippen LogP contribution in [0.15, 0.2) is 52.9 Å². The summed E-state index contributed by atoms with van der Waals surface area (Å²) in [5.41, 5.74) is 3.92. The highest BCUT2D eigenvalue weighted by Crippen LogP contribution is 2.27. The van der Waals surface area contributed by atoms with Crippen molar-refractivity contribution in [2.75, 3.05) is 5.75 Å². The number of ketones is 1. The smallest absolute Gasteiger partial charge is 0.174 e. The topological polar surface area (TPSA) is 47.8 Å². The van der Waals surface area contributed by atoms with Gasteiger partial charge in [-0.25, -0.2) is 9.97 Å². The second kappa shape index (κ2) is 8.51. The lowest BCUT2D eigenvalue weighted by Crippen LogP contribution is -2.08. The van der Waals surface area contributed by atoms with Crippen LogP contribution in [0.1, 0.15) is 32.4 Å². The number of thioether (sulfide) groups is 1. The molecule has 0 N–H and O–H groups in total. The van der Waals surface area contributed by atoms with Crippen molar-refractivity contribution in [1.29, 1.82) is 0 Å². The maximum Gasteiger partial charge on any atom is 0.174 e. The summed E-state index contributed by atoms with van der Waals surface area (Å²) in [6.45, 7) is 6.91. The van der Waals surface area contributed by atoms with E-state index in [4.69, 9.17) is 0 Å². The largest absolute Gasteiger partial charge is 0.348 e. The molecule has 0 unspecified atom stereocenters. The van der Waals surface area contributed by atoms with Gasteiger partial charge in [-0.3, -0.25) is 4.79 Å². The summed E-state index contributed by atoms with van der Waals surface area (Å²) in [7, 11) is 0. The van der Waals surface area contributed by atoms with Crippen LogP contribution in [-0.2, 0) is 13.0 Å². The Labute approximate surface area is 179 Å². The molecule has 4 aromatic rings. The van der Waals surface area contributed by atoms with Crippen molar-refractivity contribution < 1.29 is 4.79 Å². The van der Waals surface area contributed by atoms with Crippen molar-refractivity contribution in [1.82, 2.24) is 14.5 Å². The lowest BCUT2D eigenvalue weighted by molar-refractivity contribution is 0.102. The number of hydrogen-bond acceptors (Lipinski definition) is 5. The summed E-state index contributed by atoms with van der Waals surface area (Å²) in [4.78, 5) is 23.4. The fourth-order valence-corrected chi connectivity index (χ4v) is 5.23. The molecule has 0 aliphatic carbocycles. The fraction of sp³-hybridized carbons (Fsp3) is 0.261. The lowest BCUT2D eigenvalue weighted by Gasteiger charge is -2.09. The van der Waals surface area contributed by atoms with E-state index in [1.807, 2.05) is 44.2 Å². The number of para-hydroxylation sites is 1. The van der Waals surface area contributed by atoms with Gasteiger partial charge in [0, 0.05) is 33.8 Å². The standard InChI is InChI=1S/C23H23N3OS2/c1-15-13-20(16(2)26(15)11-10-18-7-6-12-28-18)22(27)14-29-23-19-8-4-5-9-21(19)24-17(3)25-23/h4-9,12-13H,10-11,14H2,1-3H3. The number of hydrogen-bond donors (Lipinski definition) is 0. The Morgan fingerprint density at radius 3 is 2.72 bits per heavy atom.